The molecule has 0 radical (unpaired) electrons. The SMILES string of the molecule is Cc1cc(C)n2c(SCC(=O)Nc3ccc4c(c3)OC3(CCCCC3)O4)nnc2n1. The Balaban J connectivity index is 1.24. The van der Waals surface area contributed by atoms with E-state index in [9.17, 15) is 4.79 Å². The van der Waals surface area contributed by atoms with Crippen LogP contribution in [0.5, 0.6) is 11.5 Å². The molecule has 8 nitrogen and oxygen atoms in total. The molecule has 2 aromatic heterocycles. The van der Waals surface area contributed by atoms with Gasteiger partial charge in [0, 0.05) is 36.0 Å². The van der Waals surface area contributed by atoms with Gasteiger partial charge in [0.2, 0.25) is 5.91 Å². The summed E-state index contributed by atoms with van der Waals surface area (Å²) in [5, 5.41) is 11.8. The molecule has 9 heteroatoms. The van der Waals surface area contributed by atoms with E-state index >= 15 is 0 Å². The first-order valence-corrected chi connectivity index (χ1v) is 11.1. The third kappa shape index (κ3) is 3.58. The van der Waals surface area contributed by atoms with E-state index < -0.39 is 5.79 Å². The van der Waals surface area contributed by atoms with E-state index in [-0.39, 0.29) is 11.7 Å². The number of carbonyl (C=O) groups excluding carboxylic acids is 1. The Bertz CT molecular complexity index is 1120. The van der Waals surface area contributed by atoms with E-state index in [0.29, 0.717) is 22.4 Å². The number of rotatable bonds is 4. The van der Waals surface area contributed by atoms with Crippen molar-refractivity contribution in [2.75, 3.05) is 11.1 Å². The van der Waals surface area contributed by atoms with Crippen molar-refractivity contribution in [3.8, 4) is 11.5 Å². The molecule has 156 valence electrons. The molecule has 1 N–H and O–H groups in total. The van der Waals surface area contributed by atoms with Crippen molar-refractivity contribution in [1.29, 1.82) is 0 Å². The summed E-state index contributed by atoms with van der Waals surface area (Å²) in [7, 11) is 0. The number of nitrogens with zero attached hydrogens (tertiary/aromatic N) is 4. The van der Waals surface area contributed by atoms with Gasteiger partial charge in [-0.3, -0.25) is 9.20 Å². The van der Waals surface area contributed by atoms with Gasteiger partial charge in [-0.1, -0.05) is 18.2 Å². The summed E-state index contributed by atoms with van der Waals surface area (Å²) < 4.78 is 14.1. The van der Waals surface area contributed by atoms with Crippen molar-refractivity contribution in [2.45, 2.75) is 56.9 Å². The van der Waals surface area contributed by atoms with E-state index in [1.54, 1.807) is 0 Å². The first-order valence-electron chi connectivity index (χ1n) is 10.2. The molecule has 0 unspecified atom stereocenters. The molecule has 30 heavy (non-hydrogen) atoms. The van der Waals surface area contributed by atoms with Gasteiger partial charge in [-0.25, -0.2) is 4.98 Å². The smallest absolute Gasteiger partial charge is 0.256 e. The number of hydrogen-bond acceptors (Lipinski definition) is 7. The van der Waals surface area contributed by atoms with Crippen LogP contribution in [-0.2, 0) is 4.79 Å². The van der Waals surface area contributed by atoms with Crippen LogP contribution in [0.15, 0.2) is 29.4 Å². The van der Waals surface area contributed by atoms with E-state index in [1.165, 1.54) is 18.2 Å². The Labute approximate surface area is 178 Å². The number of thioether (sulfide) groups is 1. The summed E-state index contributed by atoms with van der Waals surface area (Å²) in [5.41, 5.74) is 2.56. The Morgan fingerprint density at radius 2 is 1.93 bits per heavy atom. The van der Waals surface area contributed by atoms with E-state index in [2.05, 4.69) is 20.5 Å². The van der Waals surface area contributed by atoms with Crippen molar-refractivity contribution in [1.82, 2.24) is 19.6 Å². The Hall–Kier alpha value is -2.81. The van der Waals surface area contributed by atoms with Crippen LogP contribution < -0.4 is 14.8 Å². The summed E-state index contributed by atoms with van der Waals surface area (Å²) in [6, 6.07) is 7.51. The molecule has 1 amide bonds. The molecule has 0 atom stereocenters. The van der Waals surface area contributed by atoms with Gasteiger partial charge in [0.25, 0.3) is 11.6 Å². The van der Waals surface area contributed by atoms with Crippen LogP contribution in [0.4, 0.5) is 5.69 Å². The lowest BCUT2D eigenvalue weighted by Crippen LogP contribution is -2.40. The highest BCUT2D eigenvalue weighted by Gasteiger charge is 2.42. The van der Waals surface area contributed by atoms with Crippen LogP contribution in [0.2, 0.25) is 0 Å². The average molecular weight is 426 g/mol. The Kier molecular flexibility index (Phi) is 4.77. The maximum absolute atomic E-state index is 12.5. The minimum atomic E-state index is -0.516. The summed E-state index contributed by atoms with van der Waals surface area (Å²) in [6.07, 6.45) is 5.25. The van der Waals surface area contributed by atoms with Crippen molar-refractivity contribution >= 4 is 29.1 Å². The van der Waals surface area contributed by atoms with Gasteiger partial charge in [-0.05, 0) is 44.9 Å². The lowest BCUT2D eigenvalue weighted by Gasteiger charge is -2.31. The number of amides is 1. The number of ether oxygens (including phenoxy) is 2. The molecule has 3 aromatic rings. The molecule has 1 aliphatic carbocycles. The number of nitrogens with one attached hydrogen (secondary N) is 1. The van der Waals surface area contributed by atoms with Gasteiger partial charge in [0.05, 0.1) is 5.75 Å². The molecule has 1 spiro atoms. The van der Waals surface area contributed by atoms with E-state index in [4.69, 9.17) is 9.47 Å². The average Bonchev–Trinajstić information content (AvgIpc) is 3.27. The topological polar surface area (TPSA) is 90.6 Å². The lowest BCUT2D eigenvalue weighted by atomic mass is 9.94. The molecular formula is C21H23N5O3S. The monoisotopic (exact) mass is 425 g/mol. The normalized spacial score (nSPS) is 16.9. The number of carbonyl (C=O) groups is 1. The van der Waals surface area contributed by atoms with Gasteiger partial charge >= 0.3 is 0 Å². The number of aryl methyl sites for hydroxylation is 2. The Morgan fingerprint density at radius 3 is 2.77 bits per heavy atom. The highest BCUT2D eigenvalue weighted by Crippen LogP contribution is 2.46. The van der Waals surface area contributed by atoms with Crippen LogP contribution >= 0.6 is 11.8 Å². The standard InChI is InChI=1S/C21H23N5O3S/c1-13-10-14(2)26-19(22-13)24-25-20(26)30-12-18(27)23-15-6-7-16-17(11-15)29-21(28-16)8-4-3-5-9-21/h6-7,10-11H,3-5,8-9,12H2,1-2H3,(H,23,27). The number of fused-ring (bicyclic) bond motifs is 2. The first-order chi connectivity index (χ1) is 14.5. The number of anilines is 1. The fourth-order valence-corrected chi connectivity index (χ4v) is 4.87. The molecule has 1 aromatic carbocycles. The maximum Gasteiger partial charge on any atom is 0.256 e. The molecule has 0 saturated heterocycles. The van der Waals surface area contributed by atoms with Gasteiger partial charge in [-0.2, -0.15) is 0 Å². The van der Waals surface area contributed by atoms with Gasteiger partial charge in [0.1, 0.15) is 0 Å². The predicted molar refractivity (Wildman–Crippen MR) is 113 cm³/mol. The molecule has 1 aliphatic heterocycles. The second-order valence-electron chi connectivity index (χ2n) is 7.83. The molecule has 1 saturated carbocycles. The second kappa shape index (κ2) is 7.46. The van der Waals surface area contributed by atoms with Crippen LogP contribution in [0.25, 0.3) is 5.78 Å². The lowest BCUT2D eigenvalue weighted by molar-refractivity contribution is -0.113. The van der Waals surface area contributed by atoms with Gasteiger partial charge < -0.3 is 14.8 Å². The van der Waals surface area contributed by atoms with Crippen LogP contribution in [0.3, 0.4) is 0 Å². The second-order valence-corrected chi connectivity index (χ2v) is 8.77. The zero-order valence-corrected chi connectivity index (χ0v) is 17.8. The van der Waals surface area contributed by atoms with E-state index in [0.717, 1.165) is 42.8 Å². The third-order valence-electron chi connectivity index (χ3n) is 5.43. The molecule has 1 fully saturated rings. The quantitative estimate of drug-likeness (QED) is 0.634. The highest BCUT2D eigenvalue weighted by molar-refractivity contribution is 7.99. The molecular weight excluding hydrogens is 402 g/mol. The zero-order chi connectivity index (χ0) is 20.7. The van der Waals surface area contributed by atoms with Crippen molar-refractivity contribution < 1.29 is 14.3 Å². The largest absolute Gasteiger partial charge is 0.448 e. The summed E-state index contributed by atoms with van der Waals surface area (Å²) in [5.74, 6) is 1.56. The summed E-state index contributed by atoms with van der Waals surface area (Å²) in [6.45, 7) is 3.89. The van der Waals surface area contributed by atoms with Crippen LogP contribution in [-0.4, -0.2) is 37.0 Å². The van der Waals surface area contributed by atoms with Crippen molar-refractivity contribution in [3.05, 3.63) is 35.7 Å². The van der Waals surface area contributed by atoms with Crippen molar-refractivity contribution in [3.63, 3.8) is 0 Å². The molecule has 3 heterocycles. The van der Waals surface area contributed by atoms with E-state index in [1.807, 2.05) is 42.5 Å². The fraction of sp³-hybridized carbons (Fsp3) is 0.429. The highest BCUT2D eigenvalue weighted by atomic mass is 32.2. The molecule has 0 bridgehead atoms. The number of hydrogen-bond donors (Lipinski definition) is 1. The predicted octanol–water partition coefficient (Wildman–Crippen LogP) is 3.90. The van der Waals surface area contributed by atoms with Crippen LogP contribution in [0.1, 0.15) is 43.5 Å². The summed E-state index contributed by atoms with van der Waals surface area (Å²) >= 11 is 1.33. The number of benzene rings is 1. The van der Waals surface area contributed by atoms with Crippen molar-refractivity contribution in [2.24, 2.45) is 0 Å². The zero-order valence-electron chi connectivity index (χ0n) is 17.0. The fourth-order valence-electron chi connectivity index (χ4n) is 4.09. The minimum Gasteiger partial charge on any atom is -0.448 e. The minimum absolute atomic E-state index is 0.124. The number of aromatic nitrogens is 4. The Morgan fingerprint density at radius 1 is 1.13 bits per heavy atom. The third-order valence-corrected chi connectivity index (χ3v) is 6.36. The summed E-state index contributed by atoms with van der Waals surface area (Å²) in [4.78, 5) is 16.9. The first kappa shape index (κ1) is 19.2. The molecule has 5 rings (SSSR count). The van der Waals surface area contributed by atoms with Crippen LogP contribution in [0, 0.1) is 13.8 Å². The van der Waals surface area contributed by atoms with Gasteiger partial charge in [0.15, 0.2) is 16.7 Å². The molecule has 2 aliphatic rings. The van der Waals surface area contributed by atoms with Gasteiger partial charge in [-0.15, -0.1) is 10.2 Å². The maximum atomic E-state index is 12.5.